The van der Waals surface area contributed by atoms with E-state index in [1.54, 1.807) is 0 Å². The minimum Gasteiger partial charge on any atom is -0.364 e. The lowest BCUT2D eigenvalue weighted by molar-refractivity contribution is -0.928. The molecular weight excluding hydrogens is 346 g/mol. The molecule has 2 atom stereocenters. The highest BCUT2D eigenvalue weighted by molar-refractivity contribution is 7.17. The van der Waals surface area contributed by atoms with E-state index in [1.807, 2.05) is 5.38 Å². The number of hydrogen-bond donors (Lipinski definition) is 2. The maximum Gasteiger partial charge on any atom is 0.260 e. The van der Waals surface area contributed by atoms with Crippen molar-refractivity contribution in [3.63, 3.8) is 0 Å². The second kappa shape index (κ2) is 6.95. The van der Waals surface area contributed by atoms with Gasteiger partial charge in [0, 0.05) is 10.9 Å². The number of nitrogens with one attached hydrogen (secondary N) is 2. The molecule has 2 aromatic heterocycles. The zero-order valence-electron chi connectivity index (χ0n) is 15.3. The summed E-state index contributed by atoms with van der Waals surface area (Å²) in [5.74, 6) is 0.760. The van der Waals surface area contributed by atoms with Crippen molar-refractivity contribution in [2.24, 2.45) is 0 Å². The Balaban J connectivity index is 1.66. The smallest absolute Gasteiger partial charge is 0.260 e. The molecule has 0 amide bonds. The van der Waals surface area contributed by atoms with Gasteiger partial charge in [0.15, 0.2) is 5.82 Å². The number of H-pyrrole nitrogens is 1. The van der Waals surface area contributed by atoms with Crippen molar-refractivity contribution >= 4 is 21.6 Å². The molecule has 0 saturated carbocycles. The molecule has 1 fully saturated rings. The van der Waals surface area contributed by atoms with E-state index in [0.29, 0.717) is 5.39 Å². The Morgan fingerprint density at radius 1 is 1.23 bits per heavy atom. The van der Waals surface area contributed by atoms with Gasteiger partial charge in [-0.25, -0.2) is 4.98 Å². The molecule has 3 heterocycles. The summed E-state index contributed by atoms with van der Waals surface area (Å²) in [6.07, 6.45) is 0.471. The monoisotopic (exact) mass is 370 g/mol. The fraction of sp³-hybridized carbons (Fsp3) is 0.400. The quantitative estimate of drug-likeness (QED) is 0.743. The van der Waals surface area contributed by atoms with Crippen LogP contribution in [0.3, 0.4) is 0 Å². The van der Waals surface area contributed by atoms with Crippen LogP contribution in [0.2, 0.25) is 0 Å². The number of thiophene rings is 1. The first-order valence-electron chi connectivity index (χ1n) is 9.06. The Bertz CT molecular complexity index is 967. The molecule has 0 unspecified atom stereocenters. The first-order chi connectivity index (χ1) is 12.5. The van der Waals surface area contributed by atoms with E-state index in [4.69, 9.17) is 9.72 Å². The zero-order valence-corrected chi connectivity index (χ0v) is 16.2. The lowest BCUT2D eigenvalue weighted by Crippen LogP contribution is -3.14. The molecule has 1 aliphatic heterocycles. The number of nitrogens with zero attached hydrogens (tertiary/aromatic N) is 1. The summed E-state index contributed by atoms with van der Waals surface area (Å²) in [4.78, 5) is 22.7. The fourth-order valence-corrected chi connectivity index (χ4v) is 4.76. The molecule has 0 bridgehead atoms. The third-order valence-corrected chi connectivity index (χ3v) is 5.76. The summed E-state index contributed by atoms with van der Waals surface area (Å²) in [6, 6.07) is 8.26. The van der Waals surface area contributed by atoms with E-state index in [2.05, 4.69) is 50.0 Å². The van der Waals surface area contributed by atoms with Crippen LogP contribution in [-0.2, 0) is 11.3 Å². The summed E-state index contributed by atoms with van der Waals surface area (Å²) >= 11 is 1.54. The molecule has 0 spiro atoms. The van der Waals surface area contributed by atoms with Gasteiger partial charge in [0.2, 0.25) is 0 Å². The van der Waals surface area contributed by atoms with Crippen molar-refractivity contribution in [2.45, 2.75) is 39.5 Å². The van der Waals surface area contributed by atoms with Crippen LogP contribution in [0.4, 0.5) is 0 Å². The molecule has 2 N–H and O–H groups in total. The number of fused-ring (bicyclic) bond motifs is 1. The van der Waals surface area contributed by atoms with Gasteiger partial charge in [-0.05, 0) is 26.3 Å². The number of aryl methyl sites for hydroxylation is 1. The van der Waals surface area contributed by atoms with E-state index >= 15 is 0 Å². The highest BCUT2D eigenvalue weighted by atomic mass is 32.1. The standard InChI is InChI=1S/C20H23N3O2S/c1-12-4-6-15(7-5-12)16-11-26-20-18(16)19(24)21-17(22-20)10-23-8-13(2)25-14(3)9-23/h4-7,11,13-14H,8-10H2,1-3H3,(H,21,22,24)/p+1/t13-,14-/m1/s1. The molecule has 26 heavy (non-hydrogen) atoms. The normalized spacial score (nSPS) is 23.4. The topological polar surface area (TPSA) is 59.4 Å². The summed E-state index contributed by atoms with van der Waals surface area (Å²) in [7, 11) is 0. The van der Waals surface area contributed by atoms with Crippen LogP contribution in [-0.4, -0.2) is 35.3 Å². The van der Waals surface area contributed by atoms with Crippen molar-refractivity contribution in [1.29, 1.82) is 0 Å². The van der Waals surface area contributed by atoms with E-state index in [-0.39, 0.29) is 17.8 Å². The number of benzene rings is 1. The van der Waals surface area contributed by atoms with Crippen molar-refractivity contribution in [3.05, 3.63) is 51.4 Å². The van der Waals surface area contributed by atoms with Gasteiger partial charge in [0.25, 0.3) is 5.56 Å². The van der Waals surface area contributed by atoms with Crippen molar-refractivity contribution < 1.29 is 9.64 Å². The van der Waals surface area contributed by atoms with E-state index in [9.17, 15) is 4.79 Å². The highest BCUT2D eigenvalue weighted by Crippen LogP contribution is 2.30. The van der Waals surface area contributed by atoms with Crippen molar-refractivity contribution in [3.8, 4) is 11.1 Å². The first kappa shape index (κ1) is 17.4. The number of ether oxygens (including phenoxy) is 1. The summed E-state index contributed by atoms with van der Waals surface area (Å²) in [6.45, 7) is 8.85. The third-order valence-electron chi connectivity index (χ3n) is 4.89. The van der Waals surface area contributed by atoms with Crippen LogP contribution < -0.4 is 10.5 Å². The van der Waals surface area contributed by atoms with Gasteiger partial charge in [-0.1, -0.05) is 29.8 Å². The Labute approximate surface area is 156 Å². The van der Waals surface area contributed by atoms with Gasteiger partial charge in [0.1, 0.15) is 36.7 Å². The van der Waals surface area contributed by atoms with Crippen molar-refractivity contribution in [1.82, 2.24) is 9.97 Å². The summed E-state index contributed by atoms with van der Waals surface area (Å²) in [5, 5.41) is 2.73. The number of rotatable bonds is 3. The molecule has 136 valence electrons. The minimum absolute atomic E-state index is 0.0458. The van der Waals surface area contributed by atoms with Crippen LogP contribution in [0.1, 0.15) is 25.2 Å². The predicted molar refractivity (Wildman–Crippen MR) is 105 cm³/mol. The van der Waals surface area contributed by atoms with Gasteiger partial charge in [-0.3, -0.25) is 4.79 Å². The molecular formula is C20H24N3O2S+. The van der Waals surface area contributed by atoms with E-state index in [1.165, 1.54) is 21.8 Å². The second-order valence-electron chi connectivity index (χ2n) is 7.30. The Kier molecular flexibility index (Phi) is 4.65. The molecule has 4 rings (SSSR count). The van der Waals surface area contributed by atoms with Gasteiger partial charge < -0.3 is 14.6 Å². The molecule has 5 nitrogen and oxygen atoms in total. The molecule has 6 heteroatoms. The van der Waals surface area contributed by atoms with Crippen LogP contribution in [0, 0.1) is 6.92 Å². The van der Waals surface area contributed by atoms with Gasteiger partial charge in [-0.2, -0.15) is 0 Å². The maximum absolute atomic E-state index is 12.8. The predicted octanol–water partition coefficient (Wildman–Crippen LogP) is 2.15. The molecule has 3 aromatic rings. The lowest BCUT2D eigenvalue weighted by atomic mass is 10.1. The SMILES string of the molecule is Cc1ccc(-c2csc3nc(C[NH+]4C[C@@H](C)O[C@H](C)C4)[nH]c(=O)c23)cc1. The second-order valence-corrected chi connectivity index (χ2v) is 8.16. The van der Waals surface area contributed by atoms with Gasteiger partial charge >= 0.3 is 0 Å². The number of hydrogen-bond acceptors (Lipinski definition) is 4. The number of morpholine rings is 1. The highest BCUT2D eigenvalue weighted by Gasteiger charge is 2.26. The van der Waals surface area contributed by atoms with Crippen LogP contribution in [0.15, 0.2) is 34.4 Å². The molecule has 0 radical (unpaired) electrons. The number of aromatic amines is 1. The minimum atomic E-state index is -0.0458. The van der Waals surface area contributed by atoms with Crippen LogP contribution in [0.25, 0.3) is 21.3 Å². The Morgan fingerprint density at radius 3 is 2.62 bits per heavy atom. The molecule has 1 saturated heterocycles. The number of aromatic nitrogens is 2. The number of quaternary nitrogens is 1. The maximum atomic E-state index is 12.8. The van der Waals surface area contributed by atoms with E-state index in [0.717, 1.165) is 41.4 Å². The fourth-order valence-electron chi connectivity index (χ4n) is 3.79. The van der Waals surface area contributed by atoms with Gasteiger partial charge in [0.05, 0.1) is 5.39 Å². The van der Waals surface area contributed by atoms with Crippen molar-refractivity contribution in [2.75, 3.05) is 13.1 Å². The Morgan fingerprint density at radius 2 is 1.92 bits per heavy atom. The first-order valence-corrected chi connectivity index (χ1v) is 9.94. The average Bonchev–Trinajstić information content (AvgIpc) is 2.99. The largest absolute Gasteiger partial charge is 0.364 e. The summed E-state index contributed by atoms with van der Waals surface area (Å²) in [5.41, 5.74) is 3.18. The van der Waals surface area contributed by atoms with Crippen LogP contribution in [0.5, 0.6) is 0 Å². The lowest BCUT2D eigenvalue weighted by Gasteiger charge is -2.32. The third kappa shape index (κ3) is 3.45. The molecule has 1 aliphatic rings. The Hall–Kier alpha value is -2.02. The zero-order chi connectivity index (χ0) is 18.3. The molecule has 0 aliphatic carbocycles. The molecule has 1 aromatic carbocycles. The average molecular weight is 370 g/mol. The van der Waals surface area contributed by atoms with Gasteiger partial charge in [-0.15, -0.1) is 11.3 Å². The van der Waals surface area contributed by atoms with Crippen LogP contribution >= 0.6 is 11.3 Å². The summed E-state index contributed by atoms with van der Waals surface area (Å²) < 4.78 is 5.80. The van der Waals surface area contributed by atoms with E-state index < -0.39 is 0 Å².